The number of esters is 4. The molecular formula is C77H126O17P2. The summed E-state index contributed by atoms with van der Waals surface area (Å²) in [6.07, 6.45) is 76.1. The third kappa shape index (κ3) is 67.5. The van der Waals surface area contributed by atoms with Gasteiger partial charge in [0.05, 0.1) is 32.8 Å². The fourth-order valence-corrected chi connectivity index (χ4v) is 10.4. The molecule has 96 heavy (non-hydrogen) atoms. The largest absolute Gasteiger partial charge is 0.472 e. The lowest BCUT2D eigenvalue weighted by molar-refractivity contribution is -0.161. The van der Waals surface area contributed by atoms with E-state index >= 15 is 0 Å². The number of hydrogen-bond donors (Lipinski definition) is 3. The first-order valence-corrected chi connectivity index (χ1v) is 39.1. The van der Waals surface area contributed by atoms with E-state index in [0.717, 1.165) is 161 Å². The molecule has 0 radical (unpaired) electrons. The Labute approximate surface area is 579 Å². The van der Waals surface area contributed by atoms with Crippen molar-refractivity contribution in [2.75, 3.05) is 39.6 Å². The molecule has 0 spiro atoms. The monoisotopic (exact) mass is 1380 g/mol. The van der Waals surface area contributed by atoms with Gasteiger partial charge in [-0.25, -0.2) is 9.13 Å². The van der Waals surface area contributed by atoms with E-state index in [1.165, 1.54) is 19.3 Å². The minimum absolute atomic E-state index is 0.0604. The lowest BCUT2D eigenvalue weighted by Gasteiger charge is -2.21. The molecule has 0 bridgehead atoms. The molecule has 17 nitrogen and oxygen atoms in total. The zero-order valence-electron chi connectivity index (χ0n) is 59.2. The van der Waals surface area contributed by atoms with Gasteiger partial charge in [-0.2, -0.15) is 0 Å². The van der Waals surface area contributed by atoms with Gasteiger partial charge in [-0.05, 0) is 135 Å². The van der Waals surface area contributed by atoms with Gasteiger partial charge >= 0.3 is 39.5 Å². The van der Waals surface area contributed by atoms with Gasteiger partial charge in [-0.3, -0.25) is 37.3 Å². The highest BCUT2D eigenvalue weighted by atomic mass is 31.2. The standard InChI is InChI=1S/C77H126O17P2/c1-5-9-13-17-21-25-29-31-33-34-35-36-38-40-44-46-50-54-58-62-75(80)88-68-73(94-77(82)64-60-56-52-48-42-28-24-20-16-12-8-4)70-92-96(85,86)90-66-71(78)65-89-95(83,84)91-69-72(93-76(81)63-59-55-51-47-41-27-23-19-15-11-7-3)67-87-74(79)61-57-53-49-45-43-39-37-32-30-26-22-18-14-10-6-2/h9-10,13-14,19-26,31-33,35-37,40,43-45,53,57,71-73,78H,5-8,11-12,15-18,27-30,34,38-39,41-42,46-52,54-56,58-70H2,1-4H3,(H,83,84)(H,85,86)/b13-9-,14-10-,23-19-,24-20-,25-21-,26-22-,33-31-,36-35-,37-32-,44-40-,45-43-,57-53-. The second-order valence-electron chi connectivity index (χ2n) is 23.4. The molecule has 0 aromatic heterocycles. The maximum atomic E-state index is 13.0. The van der Waals surface area contributed by atoms with Crippen LogP contribution in [0.15, 0.2) is 146 Å². The Morgan fingerprint density at radius 1 is 0.312 bits per heavy atom. The summed E-state index contributed by atoms with van der Waals surface area (Å²) >= 11 is 0. The molecule has 5 atom stereocenters. The van der Waals surface area contributed by atoms with Gasteiger partial charge in [0.1, 0.15) is 19.3 Å². The van der Waals surface area contributed by atoms with Crippen LogP contribution in [-0.2, 0) is 65.4 Å². The third-order valence-corrected chi connectivity index (χ3v) is 16.2. The highest BCUT2D eigenvalue weighted by molar-refractivity contribution is 7.47. The van der Waals surface area contributed by atoms with E-state index in [1.54, 1.807) is 6.08 Å². The molecule has 0 rings (SSSR count). The fourth-order valence-electron chi connectivity index (χ4n) is 8.81. The van der Waals surface area contributed by atoms with Crippen LogP contribution < -0.4 is 0 Å². The van der Waals surface area contributed by atoms with Crippen molar-refractivity contribution >= 4 is 39.5 Å². The maximum absolute atomic E-state index is 13.0. The molecule has 0 saturated carbocycles. The summed E-state index contributed by atoms with van der Waals surface area (Å²) in [5, 5.41) is 10.6. The van der Waals surface area contributed by atoms with Crippen LogP contribution in [0.1, 0.15) is 259 Å². The van der Waals surface area contributed by atoms with Crippen LogP contribution in [0.3, 0.4) is 0 Å². The summed E-state index contributed by atoms with van der Waals surface area (Å²) in [7, 11) is -9.98. The van der Waals surface area contributed by atoms with Crippen LogP contribution in [-0.4, -0.2) is 96.7 Å². The summed E-state index contributed by atoms with van der Waals surface area (Å²) in [6, 6.07) is 0. The highest BCUT2D eigenvalue weighted by Crippen LogP contribution is 2.45. The van der Waals surface area contributed by atoms with Crippen molar-refractivity contribution in [3.05, 3.63) is 146 Å². The van der Waals surface area contributed by atoms with Crippen LogP contribution >= 0.6 is 15.6 Å². The Kier molecular flexibility index (Phi) is 64.9. The highest BCUT2D eigenvalue weighted by Gasteiger charge is 2.30. The molecule has 0 aliphatic carbocycles. The quantitative estimate of drug-likeness (QED) is 0.0169. The number of hydrogen-bond acceptors (Lipinski definition) is 15. The Morgan fingerprint density at radius 3 is 0.948 bits per heavy atom. The van der Waals surface area contributed by atoms with E-state index in [0.29, 0.717) is 25.7 Å². The number of rotatable bonds is 66. The molecule has 0 aromatic rings. The molecule has 0 amide bonds. The maximum Gasteiger partial charge on any atom is 0.472 e. The number of ether oxygens (including phenoxy) is 4. The summed E-state index contributed by atoms with van der Waals surface area (Å²) in [5.41, 5.74) is 0. The molecule has 0 heterocycles. The van der Waals surface area contributed by atoms with Crippen molar-refractivity contribution in [1.29, 1.82) is 0 Å². The Balaban J connectivity index is 5.40. The van der Waals surface area contributed by atoms with E-state index < -0.39 is 97.5 Å². The predicted octanol–water partition coefficient (Wildman–Crippen LogP) is 20.3. The number of aliphatic hydroxyl groups excluding tert-OH is 1. The number of aliphatic hydroxyl groups is 1. The van der Waals surface area contributed by atoms with Crippen LogP contribution in [0.5, 0.6) is 0 Å². The first kappa shape index (κ1) is 90.9. The zero-order chi connectivity index (χ0) is 70.4. The van der Waals surface area contributed by atoms with Crippen LogP contribution in [0.25, 0.3) is 0 Å². The lowest BCUT2D eigenvalue weighted by atomic mass is 10.1. The number of unbranched alkanes of at least 4 members (excludes halogenated alkanes) is 17. The number of allylic oxidation sites excluding steroid dienone is 23. The summed E-state index contributed by atoms with van der Waals surface area (Å²) in [4.78, 5) is 72.5. The van der Waals surface area contributed by atoms with Gasteiger partial charge in [-0.1, -0.05) is 244 Å². The number of carbonyl (C=O) groups excluding carboxylic acids is 4. The lowest BCUT2D eigenvalue weighted by Crippen LogP contribution is -2.30. The van der Waals surface area contributed by atoms with Crippen molar-refractivity contribution < 1.29 is 80.2 Å². The number of phosphoric acid groups is 2. The molecule has 19 heteroatoms. The summed E-state index contributed by atoms with van der Waals surface area (Å²) in [5.74, 6) is -2.39. The summed E-state index contributed by atoms with van der Waals surface area (Å²) in [6.45, 7) is 4.35. The molecule has 0 saturated heterocycles. The molecule has 0 aliphatic heterocycles. The fraction of sp³-hybridized carbons (Fsp3) is 0.636. The van der Waals surface area contributed by atoms with E-state index in [2.05, 4.69) is 149 Å². The second kappa shape index (κ2) is 68.5. The van der Waals surface area contributed by atoms with Crippen molar-refractivity contribution in [2.24, 2.45) is 0 Å². The molecule has 0 aliphatic rings. The average Bonchev–Trinajstić information content (AvgIpc) is 1.15. The first-order valence-electron chi connectivity index (χ1n) is 36.1. The minimum Gasteiger partial charge on any atom is -0.462 e. The van der Waals surface area contributed by atoms with E-state index in [9.17, 15) is 43.2 Å². The second-order valence-corrected chi connectivity index (χ2v) is 26.3. The SMILES string of the molecule is CC/C=C\C/C=C\C/C=C\C/C=C\C/C=C\CCCCCC(=O)OCC(COP(=O)(O)OCC(O)COP(=O)(O)OCC(COC(=O)C/C=C\C/C=C\C/C=C\C/C=C\C/C=C\CC)OC(=O)CCCCCCC/C=C\CCCC)OC(=O)CCCCCCC/C=C\CCCC. The van der Waals surface area contributed by atoms with Crippen molar-refractivity contribution in [1.82, 2.24) is 0 Å². The van der Waals surface area contributed by atoms with Crippen molar-refractivity contribution in [3.63, 3.8) is 0 Å². The van der Waals surface area contributed by atoms with Crippen molar-refractivity contribution in [2.45, 2.75) is 277 Å². The molecule has 5 unspecified atom stereocenters. The van der Waals surface area contributed by atoms with Gasteiger partial charge in [0.15, 0.2) is 12.2 Å². The van der Waals surface area contributed by atoms with Crippen LogP contribution in [0, 0.1) is 0 Å². The van der Waals surface area contributed by atoms with Gasteiger partial charge < -0.3 is 33.8 Å². The van der Waals surface area contributed by atoms with E-state index in [1.807, 2.05) is 18.2 Å². The van der Waals surface area contributed by atoms with Crippen LogP contribution in [0.4, 0.5) is 0 Å². The minimum atomic E-state index is -5.00. The van der Waals surface area contributed by atoms with E-state index in [4.69, 9.17) is 37.0 Å². The van der Waals surface area contributed by atoms with Gasteiger partial charge in [0.25, 0.3) is 0 Å². The topological polar surface area (TPSA) is 237 Å². The molecule has 0 aromatic carbocycles. The Morgan fingerprint density at radius 2 is 0.583 bits per heavy atom. The zero-order valence-corrected chi connectivity index (χ0v) is 61.0. The molecule has 3 N–H and O–H groups in total. The van der Waals surface area contributed by atoms with Crippen LogP contribution in [0.2, 0.25) is 0 Å². The smallest absolute Gasteiger partial charge is 0.462 e. The normalized spacial score (nSPS) is 14.9. The van der Waals surface area contributed by atoms with Gasteiger partial charge in [0.2, 0.25) is 0 Å². The first-order chi connectivity index (χ1) is 46.7. The van der Waals surface area contributed by atoms with Gasteiger partial charge in [0, 0.05) is 19.3 Å². The third-order valence-electron chi connectivity index (χ3n) is 14.3. The summed E-state index contributed by atoms with van der Waals surface area (Å²) < 4.78 is 68.1. The Bertz CT molecular complexity index is 2400. The number of phosphoric ester groups is 2. The molecular weight excluding hydrogens is 1260 g/mol. The Hall–Kier alpha value is -5.06. The van der Waals surface area contributed by atoms with Crippen molar-refractivity contribution in [3.8, 4) is 0 Å². The molecule has 0 fully saturated rings. The van der Waals surface area contributed by atoms with Gasteiger partial charge in [-0.15, -0.1) is 0 Å². The number of carbonyl (C=O) groups is 4. The van der Waals surface area contributed by atoms with E-state index in [-0.39, 0.29) is 25.7 Å². The average molecular weight is 1390 g/mol. The molecule has 546 valence electrons. The predicted molar refractivity (Wildman–Crippen MR) is 390 cm³/mol.